The molecule has 0 saturated carbocycles. The van der Waals surface area contributed by atoms with Gasteiger partial charge < -0.3 is 10.2 Å². The Morgan fingerprint density at radius 2 is 2.04 bits per heavy atom. The Kier molecular flexibility index (Phi) is 8.35. The van der Waals surface area contributed by atoms with Crippen LogP contribution in [0.1, 0.15) is 54.6 Å². The van der Waals surface area contributed by atoms with Gasteiger partial charge in [-0.1, -0.05) is 45.1 Å². The molecule has 0 aliphatic rings. The molecule has 0 saturated heterocycles. The number of nitrogens with zero attached hydrogens (tertiary/aromatic N) is 1. The van der Waals surface area contributed by atoms with Crippen LogP contribution in [-0.2, 0) is 6.54 Å². The van der Waals surface area contributed by atoms with Gasteiger partial charge in [-0.05, 0) is 42.6 Å². The van der Waals surface area contributed by atoms with Gasteiger partial charge in [-0.3, -0.25) is 4.79 Å². The lowest BCUT2D eigenvalue weighted by molar-refractivity contribution is 0.0754. The molecule has 0 fully saturated rings. The molecule has 3 nitrogen and oxygen atoms in total. The summed E-state index contributed by atoms with van der Waals surface area (Å²) < 4.78 is 0. The predicted octanol–water partition coefficient (Wildman–Crippen LogP) is 4.26. The molecule has 0 heterocycles. The number of carbonyl (C=O) groups excluding carboxylic acids is 1. The average molecular weight is 314 g/mol. The Morgan fingerprint density at radius 3 is 2.61 bits per heavy atom. The van der Waals surface area contributed by atoms with Crippen LogP contribution in [0.2, 0.25) is 0 Å². The summed E-state index contributed by atoms with van der Waals surface area (Å²) in [6.07, 6.45) is 6.65. The van der Waals surface area contributed by atoms with Crippen molar-refractivity contribution in [2.45, 2.75) is 45.7 Å². The first-order chi connectivity index (χ1) is 11.1. The Hall–Kier alpha value is -1.87. The van der Waals surface area contributed by atoms with Crippen molar-refractivity contribution in [2.24, 2.45) is 0 Å². The number of hydrogen-bond acceptors (Lipinski definition) is 2. The van der Waals surface area contributed by atoms with Gasteiger partial charge in [-0.15, -0.1) is 6.58 Å². The SMILES string of the molecule is C=Cc1cc(CNCCC)ccc1C(=O)N(C)C(C=C)CCC. The standard InChI is InChI=1S/C20H30N2O/c1-6-10-18(9-4)22(5)20(23)19-12-11-16(14-17(19)8-3)15-21-13-7-2/h8-9,11-12,14,18,21H,3-4,6-7,10,13,15H2,1-2,5H3. The first kappa shape index (κ1) is 19.2. The van der Waals surface area contributed by atoms with Crippen molar-refractivity contribution in [3.63, 3.8) is 0 Å². The molecule has 1 N–H and O–H groups in total. The molecule has 3 heteroatoms. The normalized spacial score (nSPS) is 11.8. The van der Waals surface area contributed by atoms with E-state index in [-0.39, 0.29) is 11.9 Å². The van der Waals surface area contributed by atoms with E-state index in [1.807, 2.05) is 31.3 Å². The zero-order valence-corrected chi connectivity index (χ0v) is 14.8. The van der Waals surface area contributed by atoms with Crippen molar-refractivity contribution < 1.29 is 4.79 Å². The van der Waals surface area contributed by atoms with Crippen LogP contribution < -0.4 is 5.32 Å². The molecule has 0 aliphatic heterocycles. The van der Waals surface area contributed by atoms with Crippen molar-refractivity contribution in [2.75, 3.05) is 13.6 Å². The molecule has 0 aromatic heterocycles. The minimum Gasteiger partial charge on any atom is -0.335 e. The van der Waals surface area contributed by atoms with Crippen LogP contribution in [0.15, 0.2) is 37.4 Å². The third-order valence-electron chi connectivity index (χ3n) is 4.00. The molecule has 1 unspecified atom stereocenters. The number of amides is 1. The molecule has 1 aromatic carbocycles. The van der Waals surface area contributed by atoms with E-state index in [4.69, 9.17) is 0 Å². The van der Waals surface area contributed by atoms with Gasteiger partial charge in [0.2, 0.25) is 0 Å². The molecule has 1 aromatic rings. The van der Waals surface area contributed by atoms with Crippen LogP contribution >= 0.6 is 0 Å². The number of benzene rings is 1. The number of rotatable bonds is 10. The van der Waals surface area contributed by atoms with Gasteiger partial charge in [0.15, 0.2) is 0 Å². The fourth-order valence-corrected chi connectivity index (χ4v) is 2.60. The first-order valence-electron chi connectivity index (χ1n) is 8.44. The lowest BCUT2D eigenvalue weighted by Crippen LogP contribution is -2.36. The van der Waals surface area contributed by atoms with E-state index >= 15 is 0 Å². The maximum atomic E-state index is 12.8. The van der Waals surface area contributed by atoms with Gasteiger partial charge in [0, 0.05) is 25.2 Å². The zero-order valence-electron chi connectivity index (χ0n) is 14.8. The van der Waals surface area contributed by atoms with Gasteiger partial charge >= 0.3 is 0 Å². The van der Waals surface area contributed by atoms with Crippen LogP contribution in [0.5, 0.6) is 0 Å². The minimum atomic E-state index is 0.0197. The van der Waals surface area contributed by atoms with Gasteiger partial charge in [0.05, 0.1) is 0 Å². The molecule has 1 atom stereocenters. The van der Waals surface area contributed by atoms with Crippen molar-refractivity contribution >= 4 is 12.0 Å². The summed E-state index contributed by atoms with van der Waals surface area (Å²) in [7, 11) is 1.84. The quantitative estimate of drug-likeness (QED) is 0.517. The van der Waals surface area contributed by atoms with Gasteiger partial charge in [0.1, 0.15) is 0 Å². The molecule has 126 valence electrons. The number of hydrogen-bond donors (Lipinski definition) is 1. The molecule has 0 aliphatic carbocycles. The highest BCUT2D eigenvalue weighted by atomic mass is 16.2. The Morgan fingerprint density at radius 1 is 1.30 bits per heavy atom. The van der Waals surface area contributed by atoms with Crippen molar-refractivity contribution in [1.82, 2.24) is 10.2 Å². The van der Waals surface area contributed by atoms with Crippen molar-refractivity contribution in [3.05, 3.63) is 54.1 Å². The number of nitrogens with one attached hydrogen (secondary N) is 1. The summed E-state index contributed by atoms with van der Waals surface area (Å²) in [6, 6.07) is 6.03. The Bertz CT molecular complexity index is 536. The lowest BCUT2D eigenvalue weighted by Gasteiger charge is -2.26. The highest BCUT2D eigenvalue weighted by Gasteiger charge is 2.20. The van der Waals surface area contributed by atoms with Gasteiger partial charge in [0.25, 0.3) is 5.91 Å². The smallest absolute Gasteiger partial charge is 0.254 e. The second kappa shape index (κ2) is 10.0. The summed E-state index contributed by atoms with van der Waals surface area (Å²) in [5.74, 6) is 0.0197. The second-order valence-electron chi connectivity index (χ2n) is 5.81. The fourth-order valence-electron chi connectivity index (χ4n) is 2.60. The van der Waals surface area contributed by atoms with E-state index in [1.165, 1.54) is 5.56 Å². The molecule has 0 spiro atoms. The summed E-state index contributed by atoms with van der Waals surface area (Å²) in [5, 5.41) is 3.38. The topological polar surface area (TPSA) is 32.3 Å². The Balaban J connectivity index is 2.95. The molecule has 1 rings (SSSR count). The third-order valence-corrected chi connectivity index (χ3v) is 4.00. The summed E-state index contributed by atoms with van der Waals surface area (Å²) in [4.78, 5) is 14.6. The monoisotopic (exact) mass is 314 g/mol. The van der Waals surface area contributed by atoms with E-state index in [1.54, 1.807) is 11.0 Å². The first-order valence-corrected chi connectivity index (χ1v) is 8.44. The molecular formula is C20H30N2O. The van der Waals surface area contributed by atoms with E-state index in [0.717, 1.165) is 37.9 Å². The number of carbonyl (C=O) groups is 1. The van der Waals surface area contributed by atoms with E-state index in [2.05, 4.69) is 32.3 Å². The highest BCUT2D eigenvalue weighted by molar-refractivity contribution is 5.98. The highest BCUT2D eigenvalue weighted by Crippen LogP contribution is 2.18. The Labute approximate surface area is 141 Å². The molecule has 1 amide bonds. The molecule has 23 heavy (non-hydrogen) atoms. The van der Waals surface area contributed by atoms with Crippen LogP contribution in [0.4, 0.5) is 0 Å². The van der Waals surface area contributed by atoms with Crippen LogP contribution in [0, 0.1) is 0 Å². The minimum absolute atomic E-state index is 0.0197. The zero-order chi connectivity index (χ0) is 17.2. The van der Waals surface area contributed by atoms with Crippen LogP contribution in [-0.4, -0.2) is 30.4 Å². The lowest BCUT2D eigenvalue weighted by atomic mass is 10.0. The fraction of sp³-hybridized carbons (Fsp3) is 0.450. The van der Waals surface area contributed by atoms with E-state index in [0.29, 0.717) is 5.56 Å². The second-order valence-corrected chi connectivity index (χ2v) is 5.81. The largest absolute Gasteiger partial charge is 0.335 e. The van der Waals surface area contributed by atoms with Gasteiger partial charge in [-0.2, -0.15) is 0 Å². The maximum Gasteiger partial charge on any atom is 0.254 e. The van der Waals surface area contributed by atoms with Crippen molar-refractivity contribution in [1.29, 1.82) is 0 Å². The van der Waals surface area contributed by atoms with E-state index < -0.39 is 0 Å². The summed E-state index contributed by atoms with van der Waals surface area (Å²) in [5.41, 5.74) is 2.75. The van der Waals surface area contributed by atoms with Gasteiger partial charge in [-0.25, -0.2) is 0 Å². The summed E-state index contributed by atoms with van der Waals surface area (Å²) in [6.45, 7) is 13.8. The summed E-state index contributed by atoms with van der Waals surface area (Å²) >= 11 is 0. The van der Waals surface area contributed by atoms with E-state index in [9.17, 15) is 4.79 Å². The van der Waals surface area contributed by atoms with Crippen LogP contribution in [0.25, 0.3) is 6.08 Å². The molecule has 0 radical (unpaired) electrons. The molecular weight excluding hydrogens is 284 g/mol. The maximum absolute atomic E-state index is 12.8. The average Bonchev–Trinajstić information content (AvgIpc) is 2.58. The number of likely N-dealkylation sites (N-methyl/N-ethyl adjacent to an activating group) is 1. The molecule has 0 bridgehead atoms. The third kappa shape index (κ3) is 5.36. The van der Waals surface area contributed by atoms with Crippen molar-refractivity contribution in [3.8, 4) is 0 Å². The predicted molar refractivity (Wildman–Crippen MR) is 99.5 cm³/mol. The van der Waals surface area contributed by atoms with Crippen LogP contribution in [0.3, 0.4) is 0 Å².